The van der Waals surface area contributed by atoms with Crippen LogP contribution in [0.4, 0.5) is 4.39 Å². The van der Waals surface area contributed by atoms with Crippen LogP contribution < -0.4 is 10.1 Å². The molecular formula is C15H19BrFNO2. The van der Waals surface area contributed by atoms with Gasteiger partial charge in [-0.1, -0.05) is 35.2 Å². The van der Waals surface area contributed by atoms with Crippen molar-refractivity contribution in [1.82, 2.24) is 5.32 Å². The van der Waals surface area contributed by atoms with E-state index in [-0.39, 0.29) is 11.9 Å². The summed E-state index contributed by atoms with van der Waals surface area (Å²) in [7, 11) is 0. The highest BCUT2D eigenvalue weighted by Crippen LogP contribution is 2.22. The summed E-state index contributed by atoms with van der Waals surface area (Å²) in [6.07, 6.45) is 5.00. The lowest BCUT2D eigenvalue weighted by molar-refractivity contribution is -0.128. The van der Waals surface area contributed by atoms with E-state index in [4.69, 9.17) is 4.74 Å². The van der Waals surface area contributed by atoms with Crippen molar-refractivity contribution in [3.63, 3.8) is 0 Å². The third-order valence-electron chi connectivity index (χ3n) is 3.47. The van der Waals surface area contributed by atoms with Crippen molar-refractivity contribution >= 4 is 21.8 Å². The normalized spacial score (nSPS) is 17.6. The van der Waals surface area contributed by atoms with Gasteiger partial charge in [-0.25, -0.2) is 4.39 Å². The molecule has 3 nitrogen and oxygen atoms in total. The minimum atomic E-state index is -0.634. The van der Waals surface area contributed by atoms with Gasteiger partial charge in [0, 0.05) is 16.6 Å². The smallest absolute Gasteiger partial charge is 0.260 e. The molecule has 110 valence electrons. The number of hydrogen-bond acceptors (Lipinski definition) is 2. The lowest BCUT2D eigenvalue weighted by Gasteiger charge is -2.24. The number of amides is 1. The predicted molar refractivity (Wildman–Crippen MR) is 79.2 cm³/mol. The molecule has 0 aliphatic heterocycles. The minimum absolute atomic E-state index is 0.141. The Bertz CT molecular complexity index is 455. The maximum atomic E-state index is 13.2. The first kappa shape index (κ1) is 15.3. The van der Waals surface area contributed by atoms with E-state index in [9.17, 15) is 9.18 Å². The number of hydrogen-bond donors (Lipinski definition) is 1. The fraction of sp³-hybridized carbons (Fsp3) is 0.533. The van der Waals surface area contributed by atoms with Crippen molar-refractivity contribution in [2.24, 2.45) is 0 Å². The Kier molecular flexibility index (Phi) is 5.40. The van der Waals surface area contributed by atoms with Gasteiger partial charge in [-0.15, -0.1) is 0 Å². The van der Waals surface area contributed by atoms with Crippen molar-refractivity contribution in [2.45, 2.75) is 51.2 Å². The lowest BCUT2D eigenvalue weighted by Crippen LogP contribution is -2.43. The summed E-state index contributed by atoms with van der Waals surface area (Å²) in [5.41, 5.74) is 0. The maximum absolute atomic E-state index is 13.2. The summed E-state index contributed by atoms with van der Waals surface area (Å²) in [6, 6.07) is 4.52. The second-order valence-electron chi connectivity index (χ2n) is 5.21. The van der Waals surface area contributed by atoms with Crippen molar-refractivity contribution < 1.29 is 13.9 Å². The van der Waals surface area contributed by atoms with Crippen LogP contribution >= 0.6 is 15.9 Å². The zero-order chi connectivity index (χ0) is 14.5. The van der Waals surface area contributed by atoms with E-state index in [0.717, 1.165) is 25.7 Å². The molecule has 1 aliphatic carbocycles. The summed E-state index contributed by atoms with van der Waals surface area (Å²) in [5.74, 6) is -0.185. The van der Waals surface area contributed by atoms with E-state index in [0.29, 0.717) is 10.2 Å². The van der Waals surface area contributed by atoms with Gasteiger partial charge in [-0.2, -0.15) is 0 Å². The lowest BCUT2D eigenvalue weighted by atomic mass is 9.95. The second kappa shape index (κ2) is 7.07. The Morgan fingerprint density at radius 3 is 2.70 bits per heavy atom. The number of carbonyl (C=O) groups excluding carboxylic acids is 1. The molecule has 5 heteroatoms. The highest BCUT2D eigenvalue weighted by atomic mass is 79.9. The Morgan fingerprint density at radius 2 is 2.05 bits per heavy atom. The van der Waals surface area contributed by atoms with Crippen molar-refractivity contribution in [3.05, 3.63) is 28.5 Å². The average molecular weight is 344 g/mol. The van der Waals surface area contributed by atoms with Gasteiger partial charge in [0.15, 0.2) is 6.10 Å². The fourth-order valence-corrected chi connectivity index (χ4v) is 2.86. The molecule has 1 aromatic carbocycles. The first-order chi connectivity index (χ1) is 9.54. The van der Waals surface area contributed by atoms with Crippen LogP contribution in [0.3, 0.4) is 0 Å². The molecule has 1 atom stereocenters. The molecule has 0 spiro atoms. The molecule has 1 saturated carbocycles. The minimum Gasteiger partial charge on any atom is -0.481 e. The molecule has 2 rings (SSSR count). The summed E-state index contributed by atoms with van der Waals surface area (Å²) >= 11 is 3.20. The van der Waals surface area contributed by atoms with Crippen molar-refractivity contribution in [1.29, 1.82) is 0 Å². The number of carbonyl (C=O) groups is 1. The molecule has 1 fully saturated rings. The molecule has 1 aromatic rings. The third kappa shape index (κ3) is 4.47. The topological polar surface area (TPSA) is 38.3 Å². The summed E-state index contributed by atoms with van der Waals surface area (Å²) in [5, 5.41) is 3.00. The number of nitrogens with one attached hydrogen (secondary N) is 1. The monoisotopic (exact) mass is 343 g/mol. The van der Waals surface area contributed by atoms with E-state index >= 15 is 0 Å². The van der Waals surface area contributed by atoms with Crippen LogP contribution in [0.5, 0.6) is 5.75 Å². The van der Waals surface area contributed by atoms with Crippen LogP contribution in [0.15, 0.2) is 22.7 Å². The molecule has 0 radical (unpaired) electrons. The number of rotatable bonds is 4. The average Bonchev–Trinajstić information content (AvgIpc) is 2.38. The van der Waals surface area contributed by atoms with Crippen LogP contribution in [0.2, 0.25) is 0 Å². The molecule has 20 heavy (non-hydrogen) atoms. The molecule has 1 N–H and O–H groups in total. The SMILES string of the molecule is CC(Oc1cc(F)cc(Br)c1)C(=O)NC1CCCCC1. The summed E-state index contributed by atoms with van der Waals surface area (Å²) < 4.78 is 19.3. The van der Waals surface area contributed by atoms with E-state index in [1.165, 1.54) is 18.6 Å². The molecule has 0 heterocycles. The predicted octanol–water partition coefficient (Wildman–Crippen LogP) is 3.80. The number of benzene rings is 1. The fourth-order valence-electron chi connectivity index (χ4n) is 2.42. The van der Waals surface area contributed by atoms with Crippen LogP contribution in [-0.4, -0.2) is 18.1 Å². The number of halogens is 2. The van der Waals surface area contributed by atoms with Crippen molar-refractivity contribution in [3.8, 4) is 5.75 Å². The van der Waals surface area contributed by atoms with Gasteiger partial charge < -0.3 is 10.1 Å². The first-order valence-electron chi connectivity index (χ1n) is 6.98. The van der Waals surface area contributed by atoms with Gasteiger partial charge in [-0.3, -0.25) is 4.79 Å². The molecular weight excluding hydrogens is 325 g/mol. The second-order valence-corrected chi connectivity index (χ2v) is 6.12. The zero-order valence-corrected chi connectivity index (χ0v) is 13.1. The van der Waals surface area contributed by atoms with Crippen molar-refractivity contribution in [2.75, 3.05) is 0 Å². The van der Waals surface area contributed by atoms with E-state index in [1.807, 2.05) is 0 Å². The van der Waals surface area contributed by atoms with Crippen LogP contribution in [0.25, 0.3) is 0 Å². The Hall–Kier alpha value is -1.10. The molecule has 1 amide bonds. The summed E-state index contributed by atoms with van der Waals surface area (Å²) in [4.78, 5) is 12.0. The van der Waals surface area contributed by atoms with E-state index < -0.39 is 11.9 Å². The van der Waals surface area contributed by atoms with E-state index in [1.54, 1.807) is 13.0 Å². The standard InChI is InChI=1S/C15H19BrFNO2/c1-10(15(19)18-13-5-3-2-4-6-13)20-14-8-11(16)7-12(17)9-14/h7-10,13H,2-6H2,1H3,(H,18,19). The van der Waals surface area contributed by atoms with Gasteiger partial charge in [0.2, 0.25) is 0 Å². The number of ether oxygens (including phenoxy) is 1. The third-order valence-corrected chi connectivity index (χ3v) is 3.93. The Labute approximate surface area is 127 Å². The first-order valence-corrected chi connectivity index (χ1v) is 7.77. The van der Waals surface area contributed by atoms with Crippen LogP contribution in [-0.2, 0) is 4.79 Å². The molecule has 0 bridgehead atoms. The maximum Gasteiger partial charge on any atom is 0.260 e. The molecule has 1 unspecified atom stereocenters. The van der Waals surface area contributed by atoms with Gasteiger partial charge >= 0.3 is 0 Å². The van der Waals surface area contributed by atoms with Crippen LogP contribution in [0.1, 0.15) is 39.0 Å². The molecule has 0 aromatic heterocycles. The van der Waals surface area contributed by atoms with Gasteiger partial charge in [0.25, 0.3) is 5.91 Å². The van der Waals surface area contributed by atoms with Gasteiger partial charge in [0.05, 0.1) is 0 Å². The quantitative estimate of drug-likeness (QED) is 0.902. The summed E-state index contributed by atoms with van der Waals surface area (Å²) in [6.45, 7) is 1.68. The zero-order valence-electron chi connectivity index (χ0n) is 11.5. The Morgan fingerprint density at radius 1 is 1.35 bits per heavy atom. The highest BCUT2D eigenvalue weighted by molar-refractivity contribution is 9.10. The van der Waals surface area contributed by atoms with Crippen LogP contribution in [0, 0.1) is 5.82 Å². The van der Waals surface area contributed by atoms with Gasteiger partial charge in [-0.05, 0) is 31.9 Å². The molecule has 0 saturated heterocycles. The Balaban J connectivity index is 1.89. The highest BCUT2D eigenvalue weighted by Gasteiger charge is 2.20. The van der Waals surface area contributed by atoms with E-state index in [2.05, 4.69) is 21.2 Å². The molecule has 1 aliphatic rings. The van der Waals surface area contributed by atoms with Gasteiger partial charge in [0.1, 0.15) is 11.6 Å². The largest absolute Gasteiger partial charge is 0.481 e.